The number of benzene rings is 2. The topological polar surface area (TPSA) is 96.0 Å². The van der Waals surface area contributed by atoms with Crippen LogP contribution in [0, 0.1) is 11.7 Å². The number of rotatable bonds is 7. The minimum atomic E-state index is -0.546. The minimum Gasteiger partial charge on any atom is -0.457 e. The molecular formula is C30H26ClFN6O2. The zero-order valence-corrected chi connectivity index (χ0v) is 22.2. The lowest BCUT2D eigenvalue weighted by atomic mass is 9.97. The van der Waals surface area contributed by atoms with Crippen LogP contribution in [0.4, 0.5) is 10.2 Å². The molecule has 0 radical (unpaired) electrons. The molecule has 0 aliphatic carbocycles. The van der Waals surface area contributed by atoms with Crippen LogP contribution < -0.4 is 10.1 Å². The molecule has 8 nitrogen and oxygen atoms in total. The van der Waals surface area contributed by atoms with Crippen LogP contribution in [-0.4, -0.2) is 50.4 Å². The molecule has 5 aromatic rings. The van der Waals surface area contributed by atoms with Gasteiger partial charge in [0.05, 0.1) is 16.8 Å². The number of amides is 1. The molecule has 3 aromatic heterocycles. The second-order valence-corrected chi connectivity index (χ2v) is 10.1. The first kappa shape index (κ1) is 25.8. The maximum atomic E-state index is 14.7. The highest BCUT2D eigenvalue weighted by Gasteiger charge is 2.27. The van der Waals surface area contributed by atoms with E-state index in [-0.39, 0.29) is 17.6 Å². The number of halogens is 2. The number of aromatic nitrogens is 4. The van der Waals surface area contributed by atoms with Crippen LogP contribution in [0.2, 0.25) is 5.02 Å². The van der Waals surface area contributed by atoms with Crippen LogP contribution in [0.15, 0.2) is 79.3 Å². The Morgan fingerprint density at radius 3 is 2.83 bits per heavy atom. The van der Waals surface area contributed by atoms with Gasteiger partial charge >= 0.3 is 0 Å². The highest BCUT2D eigenvalue weighted by atomic mass is 35.5. The summed E-state index contributed by atoms with van der Waals surface area (Å²) in [4.78, 5) is 31.3. The molecule has 1 fully saturated rings. The van der Waals surface area contributed by atoms with E-state index in [2.05, 4.69) is 25.3 Å². The minimum absolute atomic E-state index is 0.0849. The predicted molar refractivity (Wildman–Crippen MR) is 152 cm³/mol. The van der Waals surface area contributed by atoms with E-state index < -0.39 is 5.82 Å². The summed E-state index contributed by atoms with van der Waals surface area (Å²) in [6.45, 7) is 1.65. The third-order valence-electron chi connectivity index (χ3n) is 6.94. The molecule has 2 aromatic carbocycles. The van der Waals surface area contributed by atoms with E-state index >= 15 is 0 Å². The van der Waals surface area contributed by atoms with Crippen molar-refractivity contribution in [2.24, 2.45) is 5.92 Å². The molecule has 1 atom stereocenters. The highest BCUT2D eigenvalue weighted by molar-refractivity contribution is 6.31. The molecule has 0 spiro atoms. The number of hydrogen-bond donors (Lipinski definition) is 2. The fourth-order valence-corrected chi connectivity index (χ4v) is 5.12. The quantitative estimate of drug-likeness (QED) is 0.235. The van der Waals surface area contributed by atoms with Gasteiger partial charge in [0, 0.05) is 43.0 Å². The fourth-order valence-electron chi connectivity index (χ4n) is 4.96. The number of hydrogen-bond acceptors (Lipinski definition) is 6. The summed E-state index contributed by atoms with van der Waals surface area (Å²) in [5, 5.41) is 4.39. The van der Waals surface area contributed by atoms with Gasteiger partial charge in [-0.25, -0.2) is 19.3 Å². The maximum absolute atomic E-state index is 14.7. The number of nitrogens with zero attached hydrogens (tertiary/aromatic N) is 4. The second kappa shape index (κ2) is 11.3. The number of carbonyl (C=O) groups excluding carboxylic acids is 1. The molecule has 0 bridgehead atoms. The first-order valence-corrected chi connectivity index (χ1v) is 13.4. The van der Waals surface area contributed by atoms with Gasteiger partial charge in [-0.05, 0) is 49.1 Å². The van der Waals surface area contributed by atoms with Gasteiger partial charge in [0.1, 0.15) is 17.1 Å². The van der Waals surface area contributed by atoms with Gasteiger partial charge in [-0.1, -0.05) is 41.9 Å². The number of pyridine rings is 1. The van der Waals surface area contributed by atoms with Gasteiger partial charge < -0.3 is 19.9 Å². The van der Waals surface area contributed by atoms with Crippen molar-refractivity contribution in [2.75, 3.05) is 25.0 Å². The molecule has 1 saturated heterocycles. The average Bonchev–Trinajstić information content (AvgIpc) is 3.40. The van der Waals surface area contributed by atoms with Crippen LogP contribution in [0.25, 0.3) is 22.4 Å². The lowest BCUT2D eigenvalue weighted by Crippen LogP contribution is -2.42. The standard InChI is InChI=1S/C30H26ClFN6O2/c31-20-13-23-24(16-35-27(23)34-15-20)28-36-17-25(32)29(37-28)33-14-19-7-6-12-38(18-19)30(39)22-10-4-5-11-26(22)40-21-8-2-1-3-9-21/h1-5,8-11,13,15-17,19H,6-7,12,14,18H2,(H,34,35)(H,33,36,37)/t19-/m1/s1. The van der Waals surface area contributed by atoms with Crippen LogP contribution in [0.5, 0.6) is 11.5 Å². The van der Waals surface area contributed by atoms with Crippen molar-refractivity contribution in [1.82, 2.24) is 24.8 Å². The van der Waals surface area contributed by atoms with E-state index in [1.165, 1.54) is 0 Å². The van der Waals surface area contributed by atoms with Gasteiger partial charge in [-0.15, -0.1) is 0 Å². The van der Waals surface area contributed by atoms with E-state index in [1.54, 1.807) is 30.6 Å². The molecule has 40 heavy (non-hydrogen) atoms. The van der Waals surface area contributed by atoms with Gasteiger partial charge in [-0.3, -0.25) is 4.79 Å². The van der Waals surface area contributed by atoms with Crippen LogP contribution in [0.3, 0.4) is 0 Å². The van der Waals surface area contributed by atoms with Gasteiger partial charge in [-0.2, -0.15) is 0 Å². The Morgan fingerprint density at radius 1 is 1.12 bits per heavy atom. The Hall–Kier alpha value is -4.50. The predicted octanol–water partition coefficient (Wildman–Crippen LogP) is 6.57. The molecule has 202 valence electrons. The number of carbonyl (C=O) groups is 1. The Morgan fingerprint density at radius 2 is 1.95 bits per heavy atom. The Labute approximate surface area is 235 Å². The molecule has 1 aliphatic heterocycles. The lowest BCUT2D eigenvalue weighted by Gasteiger charge is -2.33. The number of H-pyrrole nitrogens is 1. The van der Waals surface area contributed by atoms with Crippen LogP contribution >= 0.6 is 11.6 Å². The van der Waals surface area contributed by atoms with Crippen molar-refractivity contribution in [1.29, 1.82) is 0 Å². The molecule has 0 unspecified atom stereocenters. The van der Waals surface area contributed by atoms with Crippen LogP contribution in [-0.2, 0) is 0 Å². The molecule has 10 heteroatoms. The summed E-state index contributed by atoms with van der Waals surface area (Å²) in [7, 11) is 0. The average molecular weight is 557 g/mol. The second-order valence-electron chi connectivity index (χ2n) is 9.69. The molecule has 1 aliphatic rings. The van der Waals surface area contributed by atoms with E-state index in [4.69, 9.17) is 16.3 Å². The van der Waals surface area contributed by atoms with Crippen LogP contribution in [0.1, 0.15) is 23.2 Å². The van der Waals surface area contributed by atoms with E-state index in [9.17, 15) is 9.18 Å². The Balaban J connectivity index is 1.14. The van der Waals surface area contributed by atoms with Gasteiger partial charge in [0.15, 0.2) is 17.5 Å². The molecule has 1 amide bonds. The number of aromatic amines is 1. The first-order chi connectivity index (χ1) is 19.5. The smallest absolute Gasteiger partial charge is 0.257 e. The molecule has 0 saturated carbocycles. The van der Waals surface area contributed by atoms with Crippen molar-refractivity contribution in [3.05, 3.63) is 95.7 Å². The Bertz CT molecular complexity index is 1660. The molecule has 4 heterocycles. The number of nitrogens with one attached hydrogen (secondary N) is 2. The summed E-state index contributed by atoms with van der Waals surface area (Å²) < 4.78 is 20.7. The number of para-hydroxylation sites is 2. The van der Waals surface area contributed by atoms with Crippen molar-refractivity contribution < 1.29 is 13.9 Å². The maximum Gasteiger partial charge on any atom is 0.257 e. The number of fused-ring (bicyclic) bond motifs is 1. The largest absolute Gasteiger partial charge is 0.457 e. The lowest BCUT2D eigenvalue weighted by molar-refractivity contribution is 0.0677. The van der Waals surface area contributed by atoms with Gasteiger partial charge in [0.25, 0.3) is 5.91 Å². The summed E-state index contributed by atoms with van der Waals surface area (Å²) >= 11 is 6.12. The van der Waals surface area contributed by atoms with E-state index in [1.807, 2.05) is 47.4 Å². The van der Waals surface area contributed by atoms with Crippen molar-refractivity contribution in [2.45, 2.75) is 12.8 Å². The number of piperidine rings is 1. The fraction of sp³-hybridized carbons (Fsp3) is 0.200. The zero-order valence-electron chi connectivity index (χ0n) is 21.5. The Kier molecular flexibility index (Phi) is 7.29. The van der Waals surface area contributed by atoms with E-state index in [0.717, 1.165) is 24.4 Å². The van der Waals surface area contributed by atoms with Crippen molar-refractivity contribution in [3.8, 4) is 22.9 Å². The number of ether oxygens (including phenoxy) is 1. The molecule has 6 rings (SSSR count). The normalized spacial score (nSPS) is 15.2. The first-order valence-electron chi connectivity index (χ1n) is 13.1. The highest BCUT2D eigenvalue weighted by Crippen LogP contribution is 2.30. The van der Waals surface area contributed by atoms with Crippen molar-refractivity contribution >= 4 is 34.4 Å². The summed E-state index contributed by atoms with van der Waals surface area (Å²) in [5.41, 5.74) is 1.84. The molecule has 2 N–H and O–H groups in total. The summed E-state index contributed by atoms with van der Waals surface area (Å²) in [6, 6.07) is 18.4. The van der Waals surface area contributed by atoms with E-state index in [0.29, 0.717) is 58.8 Å². The van der Waals surface area contributed by atoms with Gasteiger partial charge in [0.2, 0.25) is 0 Å². The number of likely N-dealkylation sites (tertiary alicyclic amines) is 1. The zero-order chi connectivity index (χ0) is 27.5. The summed E-state index contributed by atoms with van der Waals surface area (Å²) in [5.74, 6) is 1.14. The molecular weight excluding hydrogens is 531 g/mol. The third kappa shape index (κ3) is 5.46. The third-order valence-corrected chi connectivity index (χ3v) is 7.14. The van der Waals surface area contributed by atoms with Crippen molar-refractivity contribution in [3.63, 3.8) is 0 Å². The SMILES string of the molecule is O=C(c1ccccc1Oc1ccccc1)N1CCC[C@H](CNc2nc(-c3c[nH]c4ncc(Cl)cc34)ncc2F)C1. The monoisotopic (exact) mass is 556 g/mol. The summed E-state index contributed by atoms with van der Waals surface area (Å²) in [6.07, 6.45) is 6.19. The number of anilines is 1.